The van der Waals surface area contributed by atoms with E-state index < -0.39 is 5.97 Å². The first-order chi connectivity index (χ1) is 9.99. The van der Waals surface area contributed by atoms with Gasteiger partial charge in [0.1, 0.15) is 0 Å². The molecule has 0 bridgehead atoms. The Morgan fingerprint density at radius 3 is 2.52 bits per heavy atom. The van der Waals surface area contributed by atoms with Gasteiger partial charge in [0.05, 0.1) is 6.42 Å². The van der Waals surface area contributed by atoms with Crippen molar-refractivity contribution in [1.29, 1.82) is 0 Å². The van der Waals surface area contributed by atoms with Gasteiger partial charge in [-0.25, -0.2) is 0 Å². The lowest BCUT2D eigenvalue weighted by Gasteiger charge is -2.35. The summed E-state index contributed by atoms with van der Waals surface area (Å²) in [6.45, 7) is 0. The summed E-state index contributed by atoms with van der Waals surface area (Å²) >= 11 is 3.36. The number of carbonyl (C=O) groups excluding carboxylic acids is 1. The number of nitrogens with one attached hydrogen (secondary N) is 1. The van der Waals surface area contributed by atoms with Gasteiger partial charge in [0.2, 0.25) is 5.91 Å². The van der Waals surface area contributed by atoms with Crippen molar-refractivity contribution >= 4 is 33.5 Å². The van der Waals surface area contributed by atoms with Crippen LogP contribution < -0.4 is 5.32 Å². The zero-order valence-electron chi connectivity index (χ0n) is 11.9. The summed E-state index contributed by atoms with van der Waals surface area (Å²) in [6.07, 6.45) is 5.17. The van der Waals surface area contributed by atoms with Gasteiger partial charge in [-0.2, -0.15) is 0 Å². The molecular weight excluding hydrogens is 334 g/mol. The van der Waals surface area contributed by atoms with Crippen LogP contribution in [0, 0.1) is 5.41 Å². The number of hydrogen-bond donors (Lipinski definition) is 2. The molecule has 0 radical (unpaired) electrons. The highest BCUT2D eigenvalue weighted by atomic mass is 79.9. The van der Waals surface area contributed by atoms with E-state index in [1.54, 1.807) is 0 Å². The lowest BCUT2D eigenvalue weighted by molar-refractivity contribution is -0.140. The number of amides is 1. The second-order valence-electron chi connectivity index (χ2n) is 5.87. The Labute approximate surface area is 133 Å². The maximum absolute atomic E-state index is 12.3. The summed E-state index contributed by atoms with van der Waals surface area (Å²) in [7, 11) is 0. The Morgan fingerprint density at radius 1 is 1.19 bits per heavy atom. The van der Waals surface area contributed by atoms with Crippen molar-refractivity contribution in [3.05, 3.63) is 28.7 Å². The van der Waals surface area contributed by atoms with Crippen LogP contribution in [-0.4, -0.2) is 17.0 Å². The molecule has 0 saturated heterocycles. The Hall–Kier alpha value is -1.36. The molecule has 5 heteroatoms. The number of carboxylic acid groups (broad SMARTS) is 1. The van der Waals surface area contributed by atoms with Gasteiger partial charge in [0.15, 0.2) is 0 Å². The topological polar surface area (TPSA) is 66.4 Å². The van der Waals surface area contributed by atoms with Crippen molar-refractivity contribution in [3.63, 3.8) is 0 Å². The molecule has 2 N–H and O–H groups in total. The molecule has 0 atom stereocenters. The Morgan fingerprint density at radius 2 is 1.90 bits per heavy atom. The van der Waals surface area contributed by atoms with Crippen LogP contribution in [0.4, 0.5) is 5.69 Å². The molecule has 0 unspecified atom stereocenters. The number of hydrogen-bond acceptors (Lipinski definition) is 2. The normalized spacial score (nSPS) is 17.2. The highest BCUT2D eigenvalue weighted by Gasteiger charge is 2.36. The lowest BCUT2D eigenvalue weighted by Crippen LogP contribution is -2.32. The maximum atomic E-state index is 12.3. The Balaban J connectivity index is 2.02. The molecule has 0 heterocycles. The van der Waals surface area contributed by atoms with Crippen LogP contribution in [0.5, 0.6) is 0 Å². The summed E-state index contributed by atoms with van der Waals surface area (Å²) in [4.78, 5) is 23.4. The molecule has 1 saturated carbocycles. The maximum Gasteiger partial charge on any atom is 0.303 e. The third-order valence-electron chi connectivity index (χ3n) is 4.08. The van der Waals surface area contributed by atoms with Crippen LogP contribution >= 0.6 is 15.9 Å². The Bertz CT molecular complexity index is 524. The van der Waals surface area contributed by atoms with Gasteiger partial charge in [-0.15, -0.1) is 0 Å². The highest BCUT2D eigenvalue weighted by Crippen LogP contribution is 2.42. The predicted octanol–water partition coefficient (Wildman–Crippen LogP) is 4.20. The van der Waals surface area contributed by atoms with E-state index in [-0.39, 0.29) is 24.2 Å². The predicted molar refractivity (Wildman–Crippen MR) is 85.2 cm³/mol. The molecule has 1 aromatic rings. The van der Waals surface area contributed by atoms with Crippen LogP contribution in [0.1, 0.15) is 44.9 Å². The van der Waals surface area contributed by atoms with Crippen LogP contribution in [0.25, 0.3) is 0 Å². The van der Waals surface area contributed by atoms with Crippen LogP contribution in [-0.2, 0) is 9.59 Å². The molecule has 4 nitrogen and oxygen atoms in total. The second kappa shape index (κ2) is 7.07. The van der Waals surface area contributed by atoms with Crippen molar-refractivity contribution in [2.45, 2.75) is 44.9 Å². The molecule has 2 rings (SSSR count). The van der Waals surface area contributed by atoms with E-state index in [9.17, 15) is 9.59 Å². The van der Waals surface area contributed by atoms with E-state index in [0.29, 0.717) is 0 Å². The van der Waals surface area contributed by atoms with E-state index in [0.717, 1.165) is 42.3 Å². The number of carboxylic acids is 1. The summed E-state index contributed by atoms with van der Waals surface area (Å²) < 4.78 is 0.901. The molecule has 1 aliphatic carbocycles. The highest BCUT2D eigenvalue weighted by molar-refractivity contribution is 9.10. The van der Waals surface area contributed by atoms with E-state index in [2.05, 4.69) is 21.2 Å². The van der Waals surface area contributed by atoms with Crippen molar-refractivity contribution < 1.29 is 14.7 Å². The molecule has 0 spiro atoms. The molecule has 21 heavy (non-hydrogen) atoms. The van der Waals surface area contributed by atoms with Gasteiger partial charge in [0.25, 0.3) is 0 Å². The number of carbonyl (C=O) groups is 2. The van der Waals surface area contributed by atoms with Crippen molar-refractivity contribution in [3.8, 4) is 0 Å². The first kappa shape index (κ1) is 16.0. The lowest BCUT2D eigenvalue weighted by atomic mass is 9.69. The summed E-state index contributed by atoms with van der Waals surface area (Å²) in [5.74, 6) is -0.914. The van der Waals surface area contributed by atoms with E-state index in [1.165, 1.54) is 0 Å². The minimum Gasteiger partial charge on any atom is -0.481 e. The largest absolute Gasteiger partial charge is 0.481 e. The van der Waals surface area contributed by atoms with Crippen molar-refractivity contribution in [2.24, 2.45) is 5.41 Å². The van der Waals surface area contributed by atoms with Crippen LogP contribution in [0.3, 0.4) is 0 Å². The van der Waals surface area contributed by atoms with Crippen molar-refractivity contribution in [2.75, 3.05) is 5.32 Å². The minimum absolute atomic E-state index is 0.0822. The average molecular weight is 354 g/mol. The monoisotopic (exact) mass is 353 g/mol. The third-order valence-corrected chi connectivity index (χ3v) is 4.58. The zero-order valence-corrected chi connectivity index (χ0v) is 13.5. The summed E-state index contributed by atoms with van der Waals surface area (Å²) in [6, 6.07) is 7.41. The first-order valence-corrected chi connectivity index (χ1v) is 8.06. The molecule has 1 amide bonds. The van der Waals surface area contributed by atoms with Crippen molar-refractivity contribution in [1.82, 2.24) is 0 Å². The quantitative estimate of drug-likeness (QED) is 0.833. The number of rotatable bonds is 5. The third kappa shape index (κ3) is 4.84. The fraction of sp³-hybridized carbons (Fsp3) is 0.500. The zero-order chi connectivity index (χ0) is 15.3. The molecule has 1 aliphatic rings. The number of halogens is 1. The molecule has 1 fully saturated rings. The molecule has 0 aliphatic heterocycles. The van der Waals surface area contributed by atoms with Crippen LogP contribution in [0.15, 0.2) is 28.7 Å². The van der Waals surface area contributed by atoms with Gasteiger partial charge in [0, 0.05) is 16.6 Å². The van der Waals surface area contributed by atoms with Crippen LogP contribution in [0.2, 0.25) is 0 Å². The standard InChI is InChI=1S/C16H20BrNO3/c17-12-5-4-6-13(9-12)18-14(19)10-16(11-15(20)21)7-2-1-3-8-16/h4-6,9H,1-3,7-8,10-11H2,(H,18,19)(H,20,21). The summed E-state index contributed by atoms with van der Waals surface area (Å²) in [5, 5.41) is 12.0. The van der Waals surface area contributed by atoms with E-state index >= 15 is 0 Å². The number of anilines is 1. The first-order valence-electron chi connectivity index (χ1n) is 7.26. The fourth-order valence-corrected chi connectivity index (χ4v) is 3.55. The second-order valence-corrected chi connectivity index (χ2v) is 6.78. The fourth-order valence-electron chi connectivity index (χ4n) is 3.15. The number of benzene rings is 1. The molecule has 0 aromatic heterocycles. The van der Waals surface area contributed by atoms with Gasteiger partial charge < -0.3 is 10.4 Å². The molecule has 114 valence electrons. The SMILES string of the molecule is O=C(O)CC1(CC(=O)Nc2cccc(Br)c2)CCCCC1. The van der Waals surface area contributed by atoms with Gasteiger partial charge >= 0.3 is 5.97 Å². The average Bonchev–Trinajstić information content (AvgIpc) is 2.38. The van der Waals surface area contributed by atoms with E-state index in [1.807, 2.05) is 24.3 Å². The van der Waals surface area contributed by atoms with E-state index in [4.69, 9.17) is 5.11 Å². The smallest absolute Gasteiger partial charge is 0.303 e. The number of aliphatic carboxylic acids is 1. The van der Waals surface area contributed by atoms with Gasteiger partial charge in [-0.3, -0.25) is 9.59 Å². The minimum atomic E-state index is -0.813. The molecule has 1 aromatic carbocycles. The van der Waals surface area contributed by atoms with Gasteiger partial charge in [-0.1, -0.05) is 41.3 Å². The van der Waals surface area contributed by atoms with Gasteiger partial charge in [-0.05, 0) is 36.5 Å². The Kier molecular flexibility index (Phi) is 5.39. The summed E-state index contributed by atoms with van der Waals surface area (Å²) in [5.41, 5.74) is 0.357. The molecular formula is C16H20BrNO3.